The number of nitrogens with one attached hydrogen (secondary N) is 2. The number of aromatic amines is 1. The second kappa shape index (κ2) is 12.9. The number of H-pyrrole nitrogens is 1. The minimum Gasteiger partial charge on any atom is -0.376 e. The third-order valence-corrected chi connectivity index (χ3v) is 11.7. The molecule has 0 spiro atoms. The van der Waals surface area contributed by atoms with Gasteiger partial charge in [-0.3, -0.25) is 19.2 Å². The summed E-state index contributed by atoms with van der Waals surface area (Å²) in [6.07, 6.45) is 6.52. The van der Waals surface area contributed by atoms with Gasteiger partial charge in [-0.2, -0.15) is 5.10 Å². The van der Waals surface area contributed by atoms with Crippen molar-refractivity contribution in [3.63, 3.8) is 0 Å². The second-order valence-corrected chi connectivity index (χ2v) is 15.7. The van der Waals surface area contributed by atoms with Gasteiger partial charge in [-0.25, -0.2) is 13.9 Å². The Morgan fingerprint density at radius 1 is 1.17 bits per heavy atom. The number of halogens is 1. The molecule has 1 fully saturated rings. The van der Waals surface area contributed by atoms with Gasteiger partial charge < -0.3 is 19.5 Å². The number of aromatic nitrogens is 5. The Balaban J connectivity index is 1.26. The number of nitrogens with zero attached hydrogens (tertiary/aromatic N) is 6. The van der Waals surface area contributed by atoms with Crippen LogP contribution in [-0.4, -0.2) is 54.0 Å². The van der Waals surface area contributed by atoms with E-state index in [1.165, 1.54) is 5.56 Å². The van der Waals surface area contributed by atoms with Crippen molar-refractivity contribution in [2.45, 2.75) is 97.2 Å². The van der Waals surface area contributed by atoms with Crippen molar-refractivity contribution in [1.29, 1.82) is 0 Å². The molecule has 6 heterocycles. The Morgan fingerprint density at radius 3 is 2.57 bits per heavy atom. The normalized spacial score (nSPS) is 20.7. The predicted octanol–water partition coefficient (Wildman–Crippen LogP) is 7.22. The molecule has 0 unspecified atom stereocenters. The Morgan fingerprint density at radius 2 is 1.93 bits per heavy atom. The number of rotatable bonds is 7. The van der Waals surface area contributed by atoms with E-state index in [2.05, 4.69) is 54.1 Å². The summed E-state index contributed by atoms with van der Waals surface area (Å²) in [4.78, 5) is 34.1. The fourth-order valence-corrected chi connectivity index (χ4v) is 8.69. The summed E-state index contributed by atoms with van der Waals surface area (Å²) < 4.78 is 29.7. The van der Waals surface area contributed by atoms with Gasteiger partial charge in [0.05, 0.1) is 23.0 Å². The molecular weight excluding hydrogens is 688 g/mol. The number of aryl methyl sites for hydroxylation is 2. The van der Waals surface area contributed by atoms with Crippen LogP contribution in [0, 0.1) is 19.7 Å². The molecule has 282 valence electrons. The number of hydrogen-bond acceptors (Lipinski definition) is 8. The van der Waals surface area contributed by atoms with E-state index < -0.39 is 17.3 Å². The van der Waals surface area contributed by atoms with Gasteiger partial charge in [0.15, 0.2) is 5.82 Å². The van der Waals surface area contributed by atoms with Gasteiger partial charge in [0, 0.05) is 48.4 Å². The third-order valence-electron chi connectivity index (χ3n) is 11.7. The maximum absolute atomic E-state index is 15.2. The smallest absolute Gasteiger partial charge is 0.376 e. The third kappa shape index (κ3) is 5.67. The molecule has 13 heteroatoms. The van der Waals surface area contributed by atoms with Crippen LogP contribution in [0.15, 0.2) is 70.5 Å². The molecule has 1 saturated heterocycles. The van der Waals surface area contributed by atoms with Gasteiger partial charge in [-0.15, -0.1) is 0 Å². The van der Waals surface area contributed by atoms with Gasteiger partial charge in [-0.1, -0.05) is 24.7 Å². The molecule has 1 amide bonds. The molecule has 2 aromatic carbocycles. The number of anilines is 1. The number of hydrogen-bond donors (Lipinski definition) is 2. The van der Waals surface area contributed by atoms with Crippen LogP contribution in [0.25, 0.3) is 16.6 Å². The minimum absolute atomic E-state index is 0.162. The van der Waals surface area contributed by atoms with Crippen LogP contribution >= 0.6 is 0 Å². The van der Waals surface area contributed by atoms with E-state index in [0.717, 1.165) is 46.5 Å². The summed E-state index contributed by atoms with van der Waals surface area (Å²) in [6, 6.07) is 11.6. The maximum Gasteiger partial charge on any atom is 0.438 e. The van der Waals surface area contributed by atoms with E-state index in [1.54, 1.807) is 32.2 Å². The monoisotopic (exact) mass is 734 g/mol. The highest BCUT2D eigenvalue weighted by Gasteiger charge is 2.41. The molecular formula is C41H47FN8O4. The Labute approximate surface area is 313 Å². The van der Waals surface area contributed by atoms with E-state index in [4.69, 9.17) is 14.4 Å². The largest absolute Gasteiger partial charge is 0.438 e. The number of carbonyl (C=O) groups is 1. The fourth-order valence-electron chi connectivity index (χ4n) is 8.69. The Hall–Kier alpha value is -5.43. The highest BCUT2D eigenvalue weighted by molar-refractivity contribution is 6.00. The van der Waals surface area contributed by atoms with Gasteiger partial charge in [-0.05, 0) is 114 Å². The predicted molar refractivity (Wildman–Crippen MR) is 204 cm³/mol. The zero-order valence-corrected chi connectivity index (χ0v) is 31.9. The highest BCUT2D eigenvalue weighted by Crippen LogP contribution is 2.43. The van der Waals surface area contributed by atoms with Crippen LogP contribution in [0.1, 0.15) is 110 Å². The van der Waals surface area contributed by atoms with Crippen LogP contribution < -0.4 is 16.0 Å². The van der Waals surface area contributed by atoms with Crippen molar-refractivity contribution >= 4 is 22.6 Å². The number of ether oxygens (including phenoxy) is 1. The van der Waals surface area contributed by atoms with Crippen LogP contribution in [0.4, 0.5) is 10.2 Å². The van der Waals surface area contributed by atoms with Crippen molar-refractivity contribution in [3.05, 3.63) is 117 Å². The molecule has 12 nitrogen and oxygen atoms in total. The van der Waals surface area contributed by atoms with Crippen LogP contribution in [0.2, 0.25) is 0 Å². The lowest BCUT2D eigenvalue weighted by atomic mass is 9.83. The lowest BCUT2D eigenvalue weighted by Gasteiger charge is -2.36. The molecule has 2 N–H and O–H groups in total. The Kier molecular flexibility index (Phi) is 8.48. The molecule has 5 aromatic rings. The number of carbonyl (C=O) groups excluding carboxylic acids is 1. The lowest BCUT2D eigenvalue weighted by molar-refractivity contribution is -0.0592. The first-order chi connectivity index (χ1) is 25.7. The summed E-state index contributed by atoms with van der Waals surface area (Å²) in [5.41, 5.74) is 4.89. The molecule has 0 bridgehead atoms. The van der Waals surface area contributed by atoms with E-state index >= 15 is 4.79 Å². The van der Waals surface area contributed by atoms with Crippen LogP contribution in [0.5, 0.6) is 0 Å². The zero-order chi connectivity index (χ0) is 38.3. The summed E-state index contributed by atoms with van der Waals surface area (Å²) in [7, 11) is 0. The van der Waals surface area contributed by atoms with Gasteiger partial charge in [0.2, 0.25) is 0 Å². The van der Waals surface area contributed by atoms with Crippen LogP contribution in [-0.2, 0) is 16.7 Å². The van der Waals surface area contributed by atoms with Gasteiger partial charge >= 0.3 is 5.76 Å². The first kappa shape index (κ1) is 35.6. The van der Waals surface area contributed by atoms with Crippen molar-refractivity contribution in [1.82, 2.24) is 34.7 Å². The molecule has 54 heavy (non-hydrogen) atoms. The standard InChI is InChI=1S/C41H47FN8O4/c1-9-41(8,38-44-39(52)54-46-38)49-32-11-10-27(28-13-17-53-40(6,7)22-28)20-29(32)21-33(49)37(51)47-15-12-31-34(25(47)4)36(48-16-14-43-26(48)5)50(45-31)30-18-23(2)35(42)24(3)19-30/h10-11,14,16,18-21,25,28,43H,5,9,12-13,15,17,22H2,1-4,6-8H3,(H,44,46,52)/t25-,28-,41+/m0/s1. The second-order valence-electron chi connectivity index (χ2n) is 15.7. The average Bonchev–Trinajstić information content (AvgIpc) is 3.94. The molecule has 0 radical (unpaired) electrons. The summed E-state index contributed by atoms with van der Waals surface area (Å²) >= 11 is 0. The quantitative estimate of drug-likeness (QED) is 0.180. The van der Waals surface area contributed by atoms with E-state index in [0.29, 0.717) is 60.4 Å². The first-order valence-electron chi connectivity index (χ1n) is 18.7. The lowest BCUT2D eigenvalue weighted by Crippen LogP contribution is -2.42. The Bertz CT molecular complexity index is 2390. The number of amides is 1. The van der Waals surface area contributed by atoms with Crippen LogP contribution in [0.3, 0.4) is 0 Å². The van der Waals surface area contributed by atoms with E-state index in [1.807, 2.05) is 52.1 Å². The van der Waals surface area contributed by atoms with Crippen molar-refractivity contribution in [3.8, 4) is 5.69 Å². The van der Waals surface area contributed by atoms with Crippen molar-refractivity contribution < 1.29 is 18.4 Å². The summed E-state index contributed by atoms with van der Waals surface area (Å²) in [5.74, 6) is 0.958. The molecule has 3 aromatic heterocycles. The number of fused-ring (bicyclic) bond motifs is 2. The molecule has 3 aliphatic heterocycles. The van der Waals surface area contributed by atoms with Gasteiger partial charge in [0.1, 0.15) is 28.7 Å². The molecule has 3 atom stereocenters. The van der Waals surface area contributed by atoms with Gasteiger partial charge in [0.25, 0.3) is 5.91 Å². The van der Waals surface area contributed by atoms with Crippen molar-refractivity contribution in [2.75, 3.05) is 18.1 Å². The summed E-state index contributed by atoms with van der Waals surface area (Å²) in [5, 5.41) is 13.3. The first-order valence-corrected chi connectivity index (χ1v) is 18.7. The molecule has 8 rings (SSSR count). The SMILES string of the molecule is C=C1NC=CN1c1c2c(nn1-c1cc(C)c(F)c(C)c1)CCN(C(=O)c1cc3cc([C@H]4CCOC(C)(C)C4)ccc3n1[C@](C)(CC)c1noc(=O)[nH]1)[C@H]2C. The number of benzene rings is 2. The molecule has 0 aliphatic carbocycles. The van der Waals surface area contributed by atoms with E-state index in [9.17, 15) is 9.18 Å². The maximum atomic E-state index is 15.2. The minimum atomic E-state index is -0.927. The topological polar surface area (TPSA) is 126 Å². The van der Waals surface area contributed by atoms with Crippen molar-refractivity contribution in [2.24, 2.45) is 0 Å². The average molecular weight is 735 g/mol. The highest BCUT2D eigenvalue weighted by atomic mass is 19.1. The van der Waals surface area contributed by atoms with E-state index in [-0.39, 0.29) is 17.3 Å². The molecule has 0 saturated carbocycles. The summed E-state index contributed by atoms with van der Waals surface area (Å²) in [6.45, 7) is 19.1. The molecule has 3 aliphatic rings. The fraction of sp³-hybridized carbons (Fsp3) is 0.415. The zero-order valence-electron chi connectivity index (χ0n) is 31.9.